The van der Waals surface area contributed by atoms with Crippen molar-refractivity contribution < 1.29 is 4.79 Å². The predicted molar refractivity (Wildman–Crippen MR) is 93.1 cm³/mol. The van der Waals surface area contributed by atoms with Crippen molar-refractivity contribution >= 4 is 17.3 Å². The third kappa shape index (κ3) is 4.10. The zero-order valence-electron chi connectivity index (χ0n) is 13.5. The van der Waals surface area contributed by atoms with Crippen LogP contribution < -0.4 is 11.1 Å². The summed E-state index contributed by atoms with van der Waals surface area (Å²) >= 11 is 0. The molecule has 3 heteroatoms. The first-order chi connectivity index (χ1) is 10.5. The normalized spacial score (nSPS) is 10.7. The van der Waals surface area contributed by atoms with Gasteiger partial charge in [-0.2, -0.15) is 0 Å². The molecule has 0 aliphatic rings. The number of hydrogen-bond donors (Lipinski definition) is 2. The lowest BCUT2D eigenvalue weighted by Crippen LogP contribution is -2.14. The molecule has 0 bridgehead atoms. The van der Waals surface area contributed by atoms with Gasteiger partial charge < -0.3 is 11.1 Å². The first-order valence-corrected chi connectivity index (χ1v) is 7.71. The number of hydrogen-bond acceptors (Lipinski definition) is 2. The van der Waals surface area contributed by atoms with E-state index in [0.29, 0.717) is 18.8 Å². The maximum atomic E-state index is 12.2. The molecule has 1 amide bonds. The van der Waals surface area contributed by atoms with Crippen LogP contribution in [0.4, 0.5) is 11.4 Å². The lowest BCUT2D eigenvalue weighted by atomic mass is 10.0. The number of rotatable bonds is 5. The number of nitrogens with two attached hydrogens (primary N) is 1. The second-order valence-electron chi connectivity index (χ2n) is 5.98. The van der Waals surface area contributed by atoms with Crippen LogP contribution in [0.25, 0.3) is 0 Å². The molecular formula is C19H24N2O. The van der Waals surface area contributed by atoms with Crippen LogP contribution in [0.3, 0.4) is 0 Å². The second kappa shape index (κ2) is 7.12. The fourth-order valence-electron chi connectivity index (χ4n) is 2.43. The van der Waals surface area contributed by atoms with Crippen LogP contribution >= 0.6 is 0 Å². The Bertz CT molecular complexity index is 662. The minimum Gasteiger partial charge on any atom is -0.399 e. The van der Waals surface area contributed by atoms with E-state index in [0.717, 1.165) is 28.1 Å². The monoisotopic (exact) mass is 296 g/mol. The fraction of sp³-hybridized carbons (Fsp3) is 0.316. The minimum absolute atomic E-state index is 0.0345. The summed E-state index contributed by atoms with van der Waals surface area (Å²) in [4.78, 5) is 12.2. The summed E-state index contributed by atoms with van der Waals surface area (Å²) < 4.78 is 0. The van der Waals surface area contributed by atoms with E-state index in [4.69, 9.17) is 5.73 Å². The van der Waals surface area contributed by atoms with Gasteiger partial charge in [-0.1, -0.05) is 44.2 Å². The molecule has 2 aromatic carbocycles. The Morgan fingerprint density at radius 3 is 2.59 bits per heavy atom. The van der Waals surface area contributed by atoms with Crippen LogP contribution in [0.15, 0.2) is 42.5 Å². The Labute approximate surface area is 132 Å². The van der Waals surface area contributed by atoms with Gasteiger partial charge in [0.15, 0.2) is 0 Å². The second-order valence-corrected chi connectivity index (χ2v) is 5.98. The van der Waals surface area contributed by atoms with Crippen molar-refractivity contribution in [1.29, 1.82) is 0 Å². The van der Waals surface area contributed by atoms with Crippen molar-refractivity contribution in [1.82, 2.24) is 0 Å². The van der Waals surface area contributed by atoms with Gasteiger partial charge in [0.05, 0.1) is 0 Å². The smallest absolute Gasteiger partial charge is 0.224 e. The Morgan fingerprint density at radius 1 is 1.18 bits per heavy atom. The highest BCUT2D eigenvalue weighted by Crippen LogP contribution is 2.24. The maximum absolute atomic E-state index is 12.2. The Hall–Kier alpha value is -2.29. The highest BCUT2D eigenvalue weighted by molar-refractivity contribution is 5.91. The number of carbonyl (C=O) groups excluding carboxylic acids is 1. The van der Waals surface area contributed by atoms with Gasteiger partial charge in [-0.05, 0) is 48.1 Å². The number of nitrogens with one attached hydrogen (secondary N) is 1. The molecule has 0 saturated heterocycles. The van der Waals surface area contributed by atoms with Crippen molar-refractivity contribution in [3.8, 4) is 0 Å². The molecule has 0 aromatic heterocycles. The van der Waals surface area contributed by atoms with Crippen molar-refractivity contribution in [3.63, 3.8) is 0 Å². The molecule has 0 aliphatic heterocycles. The van der Waals surface area contributed by atoms with E-state index in [9.17, 15) is 4.79 Å². The number of carbonyl (C=O) groups is 1. The molecule has 0 saturated carbocycles. The standard InChI is InChI=1S/C19H24N2O/c1-13(2)16-6-4-5-7-18(16)21-19(22)11-10-15-9-8-14(3)17(20)12-15/h4-9,12-13H,10-11,20H2,1-3H3,(H,21,22). The third-order valence-corrected chi connectivity index (χ3v) is 3.84. The number of anilines is 2. The first kappa shape index (κ1) is 16.1. The topological polar surface area (TPSA) is 55.1 Å². The molecule has 0 radical (unpaired) electrons. The van der Waals surface area contributed by atoms with Crippen molar-refractivity contribution in [3.05, 3.63) is 59.2 Å². The van der Waals surface area contributed by atoms with Crippen LogP contribution in [0, 0.1) is 6.92 Å². The van der Waals surface area contributed by atoms with Crippen LogP contribution in [0.1, 0.15) is 42.9 Å². The number of benzene rings is 2. The lowest BCUT2D eigenvalue weighted by molar-refractivity contribution is -0.116. The SMILES string of the molecule is Cc1ccc(CCC(=O)Nc2ccccc2C(C)C)cc1N. The number of amides is 1. The summed E-state index contributed by atoms with van der Waals surface area (Å²) in [5, 5.41) is 3.02. The van der Waals surface area contributed by atoms with Crippen molar-refractivity contribution in [2.24, 2.45) is 0 Å². The van der Waals surface area contributed by atoms with Crippen LogP contribution in [-0.2, 0) is 11.2 Å². The number of aryl methyl sites for hydroxylation is 2. The number of nitrogen functional groups attached to an aromatic ring is 1. The molecule has 22 heavy (non-hydrogen) atoms. The van der Waals surface area contributed by atoms with E-state index in [1.807, 2.05) is 43.3 Å². The molecule has 2 rings (SSSR count). The van der Waals surface area contributed by atoms with E-state index in [1.54, 1.807) is 0 Å². The van der Waals surface area contributed by atoms with Gasteiger partial charge in [0, 0.05) is 17.8 Å². The quantitative estimate of drug-likeness (QED) is 0.809. The average molecular weight is 296 g/mol. The summed E-state index contributed by atoms with van der Waals surface area (Å²) in [6, 6.07) is 13.9. The summed E-state index contributed by atoms with van der Waals surface area (Å²) in [6.45, 7) is 6.23. The molecular weight excluding hydrogens is 272 g/mol. The largest absolute Gasteiger partial charge is 0.399 e. The Kier molecular flexibility index (Phi) is 5.21. The van der Waals surface area contributed by atoms with Gasteiger partial charge in [0.2, 0.25) is 5.91 Å². The molecule has 0 heterocycles. The van der Waals surface area contributed by atoms with Crippen molar-refractivity contribution in [2.75, 3.05) is 11.1 Å². The van der Waals surface area contributed by atoms with Crippen LogP contribution in [0.5, 0.6) is 0 Å². The summed E-state index contributed by atoms with van der Waals surface area (Å²) in [6.07, 6.45) is 1.15. The molecule has 0 atom stereocenters. The van der Waals surface area contributed by atoms with Crippen LogP contribution in [0.2, 0.25) is 0 Å². The first-order valence-electron chi connectivity index (χ1n) is 7.71. The van der Waals surface area contributed by atoms with Gasteiger partial charge in [-0.3, -0.25) is 4.79 Å². The van der Waals surface area contributed by atoms with E-state index in [1.165, 1.54) is 0 Å². The predicted octanol–water partition coefficient (Wildman–Crippen LogP) is 4.27. The molecule has 0 aliphatic carbocycles. The Morgan fingerprint density at radius 2 is 1.91 bits per heavy atom. The average Bonchev–Trinajstić information content (AvgIpc) is 2.49. The van der Waals surface area contributed by atoms with E-state index in [-0.39, 0.29) is 5.91 Å². The van der Waals surface area contributed by atoms with E-state index >= 15 is 0 Å². The highest BCUT2D eigenvalue weighted by Gasteiger charge is 2.09. The molecule has 2 aromatic rings. The van der Waals surface area contributed by atoms with Gasteiger partial charge >= 0.3 is 0 Å². The van der Waals surface area contributed by atoms with Gasteiger partial charge in [0.1, 0.15) is 0 Å². The maximum Gasteiger partial charge on any atom is 0.224 e. The van der Waals surface area contributed by atoms with E-state index in [2.05, 4.69) is 25.2 Å². The summed E-state index contributed by atoms with van der Waals surface area (Å²) in [7, 11) is 0. The summed E-state index contributed by atoms with van der Waals surface area (Å²) in [5.41, 5.74) is 10.9. The molecule has 0 spiro atoms. The zero-order chi connectivity index (χ0) is 16.1. The Balaban J connectivity index is 1.97. The molecule has 116 valence electrons. The molecule has 0 fully saturated rings. The van der Waals surface area contributed by atoms with Gasteiger partial charge in [0.25, 0.3) is 0 Å². The number of para-hydroxylation sites is 1. The lowest BCUT2D eigenvalue weighted by Gasteiger charge is -2.13. The van der Waals surface area contributed by atoms with Gasteiger partial charge in [-0.25, -0.2) is 0 Å². The van der Waals surface area contributed by atoms with E-state index < -0.39 is 0 Å². The minimum atomic E-state index is 0.0345. The zero-order valence-corrected chi connectivity index (χ0v) is 13.5. The highest BCUT2D eigenvalue weighted by atomic mass is 16.1. The van der Waals surface area contributed by atoms with Crippen LogP contribution in [-0.4, -0.2) is 5.91 Å². The molecule has 3 N–H and O–H groups in total. The third-order valence-electron chi connectivity index (χ3n) is 3.84. The molecule has 3 nitrogen and oxygen atoms in total. The summed E-state index contributed by atoms with van der Waals surface area (Å²) in [5.74, 6) is 0.417. The van der Waals surface area contributed by atoms with Gasteiger partial charge in [-0.15, -0.1) is 0 Å². The fourth-order valence-corrected chi connectivity index (χ4v) is 2.43. The molecule has 0 unspecified atom stereocenters. The van der Waals surface area contributed by atoms with Crippen molar-refractivity contribution in [2.45, 2.75) is 39.5 Å².